The number of carboxylic acids is 1. The highest BCUT2D eigenvalue weighted by Gasteiger charge is 2.26. The van der Waals surface area contributed by atoms with Crippen LogP contribution in [0, 0.1) is 5.82 Å². The molecular weight excluding hydrogens is 554 g/mol. The first-order valence-corrected chi connectivity index (χ1v) is 13.3. The van der Waals surface area contributed by atoms with Gasteiger partial charge in [0.2, 0.25) is 0 Å². The lowest BCUT2D eigenvalue weighted by molar-refractivity contribution is -0.140. The van der Waals surface area contributed by atoms with Crippen molar-refractivity contribution in [2.24, 2.45) is 0 Å². The predicted molar refractivity (Wildman–Crippen MR) is 143 cm³/mol. The molecule has 1 aromatic rings. The summed E-state index contributed by atoms with van der Waals surface area (Å²) >= 11 is 2.00. The van der Waals surface area contributed by atoms with E-state index >= 15 is 0 Å². The summed E-state index contributed by atoms with van der Waals surface area (Å²) in [6.07, 6.45) is 4.82. The van der Waals surface area contributed by atoms with Gasteiger partial charge >= 0.3 is 5.97 Å². The molecule has 0 fully saturated rings. The van der Waals surface area contributed by atoms with Gasteiger partial charge < -0.3 is 24.1 Å². The van der Waals surface area contributed by atoms with Crippen molar-refractivity contribution in [2.75, 3.05) is 33.0 Å². The maximum Gasteiger partial charge on any atom is 0.307 e. The zero-order chi connectivity index (χ0) is 26.0. The van der Waals surface area contributed by atoms with Crippen LogP contribution in [0.5, 0.6) is 5.75 Å². The molecule has 0 heterocycles. The summed E-state index contributed by atoms with van der Waals surface area (Å²) in [7, 11) is 0. The molecular formula is C26H44FIO6. The Bertz CT molecular complexity index is 681. The van der Waals surface area contributed by atoms with Gasteiger partial charge in [0, 0.05) is 0 Å². The van der Waals surface area contributed by atoms with E-state index in [1.165, 1.54) is 0 Å². The van der Waals surface area contributed by atoms with Crippen LogP contribution in [-0.2, 0) is 25.4 Å². The zero-order valence-corrected chi connectivity index (χ0v) is 23.9. The number of unbranched alkanes of at least 4 members (excludes halogenated alkanes) is 2. The Morgan fingerprint density at radius 2 is 1.71 bits per heavy atom. The van der Waals surface area contributed by atoms with E-state index in [1.54, 1.807) is 19.1 Å². The van der Waals surface area contributed by atoms with Crippen LogP contribution in [0.25, 0.3) is 0 Å². The van der Waals surface area contributed by atoms with Crippen molar-refractivity contribution in [1.29, 1.82) is 0 Å². The van der Waals surface area contributed by atoms with Crippen molar-refractivity contribution in [3.63, 3.8) is 0 Å². The molecule has 0 radical (unpaired) electrons. The van der Waals surface area contributed by atoms with Crippen LogP contribution in [0.1, 0.15) is 79.2 Å². The van der Waals surface area contributed by atoms with E-state index in [-0.39, 0.29) is 24.6 Å². The van der Waals surface area contributed by atoms with Crippen LogP contribution in [0.2, 0.25) is 0 Å². The van der Waals surface area contributed by atoms with E-state index in [1.807, 2.05) is 56.4 Å². The lowest BCUT2D eigenvalue weighted by Crippen LogP contribution is -2.31. The van der Waals surface area contributed by atoms with Gasteiger partial charge in [-0.25, -0.2) is 4.39 Å². The third kappa shape index (κ3) is 16.6. The molecule has 8 heteroatoms. The molecule has 1 atom stereocenters. The number of aryl methyl sites for hydroxylation is 1. The number of hydrogen-bond acceptors (Lipinski definition) is 5. The Kier molecular flexibility index (Phi) is 17.8. The van der Waals surface area contributed by atoms with Crippen molar-refractivity contribution in [3.05, 3.63) is 29.6 Å². The van der Waals surface area contributed by atoms with Crippen molar-refractivity contribution >= 4 is 28.6 Å². The fourth-order valence-electron chi connectivity index (χ4n) is 2.99. The van der Waals surface area contributed by atoms with Crippen molar-refractivity contribution in [2.45, 2.75) is 89.3 Å². The average Bonchev–Trinajstić information content (AvgIpc) is 2.74. The van der Waals surface area contributed by atoms with Gasteiger partial charge in [-0.2, -0.15) is 0 Å². The molecule has 6 nitrogen and oxygen atoms in total. The van der Waals surface area contributed by atoms with Crippen LogP contribution in [0.15, 0.2) is 18.2 Å². The van der Waals surface area contributed by atoms with E-state index < -0.39 is 15.2 Å². The molecule has 198 valence electrons. The number of ether oxygens (including phenoxy) is 4. The van der Waals surface area contributed by atoms with E-state index in [9.17, 15) is 9.18 Å². The first-order chi connectivity index (χ1) is 16.0. The quantitative estimate of drug-likeness (QED) is 0.114. The fraction of sp³-hybridized carbons (Fsp3) is 0.731. The van der Waals surface area contributed by atoms with Gasteiger partial charge in [-0.05, 0) is 80.3 Å². The SMILES string of the molecule is CC.CCCCCc1ccc(OCCOCCOC(C)(C)CCOC(C)(I)CC(=O)O)c(F)c1. The summed E-state index contributed by atoms with van der Waals surface area (Å²) in [6.45, 7) is 13.6. The third-order valence-electron chi connectivity index (χ3n) is 4.85. The Balaban J connectivity index is 0.00000529. The van der Waals surface area contributed by atoms with Crippen LogP contribution in [-0.4, -0.2) is 53.3 Å². The third-order valence-corrected chi connectivity index (χ3v) is 5.54. The molecule has 0 saturated heterocycles. The lowest BCUT2D eigenvalue weighted by Gasteiger charge is -2.28. The number of aliphatic carboxylic acids is 1. The molecule has 34 heavy (non-hydrogen) atoms. The molecule has 1 aromatic carbocycles. The summed E-state index contributed by atoms with van der Waals surface area (Å²) in [5.74, 6) is -0.978. The highest BCUT2D eigenvalue weighted by Crippen LogP contribution is 2.26. The Morgan fingerprint density at radius 3 is 2.32 bits per heavy atom. The Labute approximate surface area is 219 Å². The van der Waals surface area contributed by atoms with Crippen molar-refractivity contribution in [3.8, 4) is 5.75 Å². The molecule has 0 amide bonds. The Morgan fingerprint density at radius 1 is 1.03 bits per heavy atom. The van der Waals surface area contributed by atoms with Crippen LogP contribution in [0.4, 0.5) is 4.39 Å². The smallest absolute Gasteiger partial charge is 0.307 e. The number of halogens is 2. The number of carboxylic acid groups (broad SMARTS) is 1. The van der Waals surface area contributed by atoms with Gasteiger partial charge in [0.1, 0.15) is 10.2 Å². The van der Waals surface area contributed by atoms with E-state index in [4.69, 9.17) is 24.1 Å². The fourth-order valence-corrected chi connectivity index (χ4v) is 3.53. The molecule has 0 aliphatic heterocycles. The molecule has 1 unspecified atom stereocenters. The monoisotopic (exact) mass is 598 g/mol. The first kappa shape index (κ1) is 33.0. The van der Waals surface area contributed by atoms with Crippen LogP contribution in [0.3, 0.4) is 0 Å². The summed E-state index contributed by atoms with van der Waals surface area (Å²) in [4.78, 5) is 10.8. The standard InChI is InChI=1S/C24H38FIO6.C2H6/c1-5-6-7-8-19-9-10-21(20(25)17-19)30-15-13-29-14-16-31-23(2,3)11-12-32-24(4,26)18-22(27)28;1-2/h9-10,17H,5-8,11-16,18H2,1-4H3,(H,27,28);1-2H3. The van der Waals surface area contributed by atoms with Gasteiger partial charge in [0.25, 0.3) is 0 Å². The van der Waals surface area contributed by atoms with E-state index in [0.717, 1.165) is 31.2 Å². The average molecular weight is 599 g/mol. The Hall–Kier alpha value is -0.970. The molecule has 1 N–H and O–H groups in total. The lowest BCUT2D eigenvalue weighted by atomic mass is 10.1. The molecule has 0 saturated carbocycles. The number of carbonyl (C=O) groups is 1. The second-order valence-corrected chi connectivity index (χ2v) is 10.8. The number of alkyl halides is 1. The summed E-state index contributed by atoms with van der Waals surface area (Å²) in [5.41, 5.74) is 0.576. The van der Waals surface area contributed by atoms with Gasteiger partial charge in [-0.1, -0.05) is 39.7 Å². The minimum atomic E-state index is -0.888. The van der Waals surface area contributed by atoms with Gasteiger partial charge in [0.15, 0.2) is 11.6 Å². The normalized spacial score (nSPS) is 13.1. The number of hydrogen-bond donors (Lipinski definition) is 1. The van der Waals surface area contributed by atoms with Crippen LogP contribution < -0.4 is 4.74 Å². The molecule has 0 aromatic heterocycles. The summed E-state index contributed by atoms with van der Waals surface area (Å²) < 4.78 is 35.9. The van der Waals surface area contributed by atoms with Gasteiger partial charge in [-0.15, -0.1) is 0 Å². The zero-order valence-electron chi connectivity index (χ0n) is 21.8. The molecule has 1 rings (SSSR count). The summed E-state index contributed by atoms with van der Waals surface area (Å²) in [5, 5.41) is 8.89. The van der Waals surface area contributed by atoms with Crippen molar-refractivity contribution < 1.29 is 33.2 Å². The number of rotatable bonds is 18. The van der Waals surface area contributed by atoms with Crippen LogP contribution >= 0.6 is 22.6 Å². The highest BCUT2D eigenvalue weighted by atomic mass is 127. The first-order valence-electron chi connectivity index (χ1n) is 12.2. The maximum atomic E-state index is 14.1. The predicted octanol–water partition coefficient (Wildman–Crippen LogP) is 6.81. The highest BCUT2D eigenvalue weighted by molar-refractivity contribution is 14.1. The van der Waals surface area contributed by atoms with Gasteiger partial charge in [-0.3, -0.25) is 4.79 Å². The minimum Gasteiger partial charge on any atom is -0.488 e. The second kappa shape index (κ2) is 18.3. The van der Waals surface area contributed by atoms with Crippen molar-refractivity contribution in [1.82, 2.24) is 0 Å². The minimum absolute atomic E-state index is 0.0578. The van der Waals surface area contributed by atoms with E-state index in [0.29, 0.717) is 32.8 Å². The maximum absolute atomic E-state index is 14.1. The topological polar surface area (TPSA) is 74.2 Å². The largest absolute Gasteiger partial charge is 0.488 e. The second-order valence-electron chi connectivity index (χ2n) is 8.56. The molecule has 0 spiro atoms. The number of benzene rings is 1. The molecule has 0 aliphatic carbocycles. The molecule has 0 bridgehead atoms. The summed E-state index contributed by atoms with van der Waals surface area (Å²) in [6, 6.07) is 5.15. The molecule has 0 aliphatic rings. The van der Waals surface area contributed by atoms with Gasteiger partial charge in [0.05, 0.1) is 38.4 Å². The van der Waals surface area contributed by atoms with E-state index in [2.05, 4.69) is 6.92 Å².